The summed E-state index contributed by atoms with van der Waals surface area (Å²) in [6.45, 7) is 3.69. The highest BCUT2D eigenvalue weighted by atomic mass is 16.2. The molecule has 1 rings (SSSR count). The van der Waals surface area contributed by atoms with E-state index in [4.69, 9.17) is 5.73 Å². The number of amides is 2. The van der Waals surface area contributed by atoms with Gasteiger partial charge in [-0.2, -0.15) is 0 Å². The van der Waals surface area contributed by atoms with Crippen LogP contribution in [0.4, 0.5) is 0 Å². The van der Waals surface area contributed by atoms with Crippen LogP contribution in [0.3, 0.4) is 0 Å². The zero-order chi connectivity index (χ0) is 11.4. The van der Waals surface area contributed by atoms with Crippen LogP contribution in [0, 0.1) is 0 Å². The van der Waals surface area contributed by atoms with E-state index in [1.165, 1.54) is 12.1 Å². The highest BCUT2D eigenvalue weighted by Gasteiger charge is 2.10. The molecule has 0 atom stereocenters. The molecule has 0 bridgehead atoms. The topological polar surface area (TPSA) is 85.1 Å². The van der Waals surface area contributed by atoms with Gasteiger partial charge >= 0.3 is 0 Å². The molecule has 0 unspecified atom stereocenters. The van der Waals surface area contributed by atoms with Gasteiger partial charge < -0.3 is 11.1 Å². The van der Waals surface area contributed by atoms with Crippen LogP contribution in [0.1, 0.15) is 34.8 Å². The number of hydrogen-bond acceptors (Lipinski definition) is 3. The second-order valence-corrected chi connectivity index (χ2v) is 3.40. The van der Waals surface area contributed by atoms with Crippen molar-refractivity contribution in [2.75, 3.05) is 0 Å². The molecule has 5 heteroatoms. The fourth-order valence-corrected chi connectivity index (χ4v) is 1.03. The Morgan fingerprint density at radius 1 is 1.33 bits per heavy atom. The van der Waals surface area contributed by atoms with Crippen LogP contribution in [-0.4, -0.2) is 22.8 Å². The lowest BCUT2D eigenvalue weighted by Gasteiger charge is -2.07. The highest BCUT2D eigenvalue weighted by molar-refractivity contribution is 5.95. The van der Waals surface area contributed by atoms with Gasteiger partial charge in [0.05, 0.1) is 0 Å². The number of pyridine rings is 1. The van der Waals surface area contributed by atoms with E-state index in [-0.39, 0.29) is 23.3 Å². The number of nitrogens with two attached hydrogens (primary N) is 1. The molecule has 0 aliphatic rings. The zero-order valence-corrected chi connectivity index (χ0v) is 8.65. The van der Waals surface area contributed by atoms with Crippen LogP contribution in [0.5, 0.6) is 0 Å². The van der Waals surface area contributed by atoms with Crippen LogP contribution >= 0.6 is 0 Å². The van der Waals surface area contributed by atoms with Gasteiger partial charge in [-0.25, -0.2) is 4.98 Å². The Hall–Kier alpha value is -1.91. The van der Waals surface area contributed by atoms with Crippen molar-refractivity contribution in [3.63, 3.8) is 0 Å². The number of primary amides is 1. The number of carbonyl (C=O) groups is 2. The van der Waals surface area contributed by atoms with Gasteiger partial charge in [-0.1, -0.05) is 6.07 Å². The van der Waals surface area contributed by atoms with E-state index in [9.17, 15) is 9.59 Å². The number of carbonyl (C=O) groups excluding carboxylic acids is 2. The summed E-state index contributed by atoms with van der Waals surface area (Å²) < 4.78 is 0. The van der Waals surface area contributed by atoms with Gasteiger partial charge in [0.15, 0.2) is 0 Å². The Balaban J connectivity index is 2.90. The molecular formula is C10H13N3O2. The van der Waals surface area contributed by atoms with Gasteiger partial charge in [-0.05, 0) is 26.0 Å². The first-order valence-corrected chi connectivity index (χ1v) is 4.58. The number of rotatable bonds is 3. The minimum absolute atomic E-state index is 0.0246. The lowest BCUT2D eigenvalue weighted by atomic mass is 10.2. The number of aromatic nitrogens is 1. The van der Waals surface area contributed by atoms with Gasteiger partial charge in [0.25, 0.3) is 11.8 Å². The van der Waals surface area contributed by atoms with Crippen molar-refractivity contribution in [2.45, 2.75) is 19.9 Å². The third kappa shape index (κ3) is 3.05. The van der Waals surface area contributed by atoms with Crippen LogP contribution in [0.25, 0.3) is 0 Å². The molecule has 0 fully saturated rings. The predicted molar refractivity (Wildman–Crippen MR) is 55.4 cm³/mol. The molecule has 0 saturated carbocycles. The molecule has 80 valence electrons. The Morgan fingerprint density at radius 3 is 2.47 bits per heavy atom. The first-order valence-electron chi connectivity index (χ1n) is 4.58. The monoisotopic (exact) mass is 207 g/mol. The lowest BCUT2D eigenvalue weighted by Crippen LogP contribution is -2.31. The summed E-state index contributed by atoms with van der Waals surface area (Å²) >= 11 is 0. The second-order valence-electron chi connectivity index (χ2n) is 3.40. The summed E-state index contributed by atoms with van der Waals surface area (Å²) in [6, 6.07) is 4.59. The molecule has 0 aliphatic carbocycles. The van der Waals surface area contributed by atoms with E-state index in [0.29, 0.717) is 0 Å². The summed E-state index contributed by atoms with van der Waals surface area (Å²) in [5.41, 5.74) is 5.33. The van der Waals surface area contributed by atoms with Crippen molar-refractivity contribution >= 4 is 11.8 Å². The maximum Gasteiger partial charge on any atom is 0.270 e. The molecule has 1 aromatic rings. The SMILES string of the molecule is CC(C)NC(=O)c1cccc(C(N)=O)n1. The molecule has 1 aromatic heterocycles. The van der Waals surface area contributed by atoms with E-state index in [1.807, 2.05) is 13.8 Å². The maximum atomic E-state index is 11.5. The molecule has 0 radical (unpaired) electrons. The fraction of sp³-hybridized carbons (Fsp3) is 0.300. The predicted octanol–water partition coefficient (Wildman–Crippen LogP) is 0.319. The minimum Gasteiger partial charge on any atom is -0.364 e. The zero-order valence-electron chi connectivity index (χ0n) is 8.65. The van der Waals surface area contributed by atoms with Gasteiger partial charge in [0.1, 0.15) is 11.4 Å². The normalized spacial score (nSPS) is 10.1. The van der Waals surface area contributed by atoms with Gasteiger partial charge in [-0.15, -0.1) is 0 Å². The van der Waals surface area contributed by atoms with E-state index in [2.05, 4.69) is 10.3 Å². The van der Waals surface area contributed by atoms with E-state index in [0.717, 1.165) is 0 Å². The van der Waals surface area contributed by atoms with E-state index >= 15 is 0 Å². The van der Waals surface area contributed by atoms with Crippen LogP contribution < -0.4 is 11.1 Å². The van der Waals surface area contributed by atoms with Crippen molar-refractivity contribution < 1.29 is 9.59 Å². The molecule has 1 heterocycles. The van der Waals surface area contributed by atoms with Crippen molar-refractivity contribution in [2.24, 2.45) is 5.73 Å². The average molecular weight is 207 g/mol. The average Bonchev–Trinajstić information content (AvgIpc) is 2.17. The number of hydrogen-bond donors (Lipinski definition) is 2. The molecule has 2 amide bonds. The minimum atomic E-state index is -0.644. The quantitative estimate of drug-likeness (QED) is 0.748. The van der Waals surface area contributed by atoms with Crippen LogP contribution in [0.15, 0.2) is 18.2 Å². The smallest absolute Gasteiger partial charge is 0.270 e. The fourth-order valence-electron chi connectivity index (χ4n) is 1.03. The van der Waals surface area contributed by atoms with Gasteiger partial charge in [0, 0.05) is 6.04 Å². The second kappa shape index (κ2) is 4.54. The Bertz CT molecular complexity index is 388. The Morgan fingerprint density at radius 2 is 1.93 bits per heavy atom. The summed E-state index contributed by atoms with van der Waals surface area (Å²) in [4.78, 5) is 26.2. The number of nitrogens with one attached hydrogen (secondary N) is 1. The summed E-state index contributed by atoms with van der Waals surface area (Å²) in [5, 5.41) is 2.67. The molecule has 0 saturated heterocycles. The molecule has 0 aliphatic heterocycles. The van der Waals surface area contributed by atoms with Crippen molar-refractivity contribution in [1.29, 1.82) is 0 Å². The van der Waals surface area contributed by atoms with Crippen molar-refractivity contribution in [1.82, 2.24) is 10.3 Å². The van der Waals surface area contributed by atoms with E-state index in [1.54, 1.807) is 6.07 Å². The Labute approximate surface area is 87.7 Å². The van der Waals surface area contributed by atoms with Gasteiger partial charge in [-0.3, -0.25) is 9.59 Å². The molecule has 15 heavy (non-hydrogen) atoms. The van der Waals surface area contributed by atoms with Crippen molar-refractivity contribution in [3.05, 3.63) is 29.6 Å². The standard InChI is InChI=1S/C10H13N3O2/c1-6(2)12-10(15)8-5-3-4-7(13-8)9(11)14/h3-6H,1-2H3,(H2,11,14)(H,12,15). The Kier molecular flexibility index (Phi) is 3.38. The maximum absolute atomic E-state index is 11.5. The molecular weight excluding hydrogens is 194 g/mol. The molecule has 0 aromatic carbocycles. The summed E-state index contributed by atoms with van der Waals surface area (Å²) in [6.07, 6.45) is 0. The number of nitrogens with zero attached hydrogens (tertiary/aromatic N) is 1. The third-order valence-electron chi connectivity index (χ3n) is 1.65. The third-order valence-corrected chi connectivity index (χ3v) is 1.65. The highest BCUT2D eigenvalue weighted by Crippen LogP contribution is 1.99. The lowest BCUT2D eigenvalue weighted by molar-refractivity contribution is 0.0938. The summed E-state index contributed by atoms with van der Waals surface area (Å²) in [7, 11) is 0. The molecule has 3 N–H and O–H groups in total. The van der Waals surface area contributed by atoms with Crippen LogP contribution in [0.2, 0.25) is 0 Å². The first kappa shape index (κ1) is 11.2. The molecule has 0 spiro atoms. The van der Waals surface area contributed by atoms with E-state index < -0.39 is 5.91 Å². The van der Waals surface area contributed by atoms with Crippen LogP contribution in [-0.2, 0) is 0 Å². The first-order chi connectivity index (χ1) is 7.00. The van der Waals surface area contributed by atoms with Gasteiger partial charge in [0.2, 0.25) is 0 Å². The van der Waals surface area contributed by atoms with Crippen molar-refractivity contribution in [3.8, 4) is 0 Å². The summed E-state index contributed by atoms with van der Waals surface area (Å²) in [5.74, 6) is -0.956. The molecule has 5 nitrogen and oxygen atoms in total. The largest absolute Gasteiger partial charge is 0.364 e.